The minimum absolute atomic E-state index is 0.597. The normalized spacial score (nSPS) is 11.6. The maximum absolute atomic E-state index is 5.02. The molecule has 4 aromatic carbocycles. The molecule has 206 valence electrons. The van der Waals surface area contributed by atoms with Gasteiger partial charge in [0.05, 0.1) is 0 Å². The van der Waals surface area contributed by atoms with Crippen molar-refractivity contribution in [1.82, 2.24) is 39.9 Å². The van der Waals surface area contributed by atoms with Crippen molar-refractivity contribution in [1.29, 1.82) is 0 Å². The maximum Gasteiger partial charge on any atom is 0.164 e. The van der Waals surface area contributed by atoms with E-state index in [9.17, 15) is 0 Å². The van der Waals surface area contributed by atoms with E-state index in [0.29, 0.717) is 45.9 Å². The van der Waals surface area contributed by atoms with E-state index >= 15 is 0 Å². The third kappa shape index (κ3) is 4.05. The molecule has 5 heterocycles. The van der Waals surface area contributed by atoms with Gasteiger partial charge in [-0.25, -0.2) is 29.9 Å². The zero-order chi connectivity index (χ0) is 28.9. The molecule has 0 amide bonds. The molecule has 9 nitrogen and oxygen atoms in total. The molecule has 0 unspecified atom stereocenters. The number of nitrogens with one attached hydrogen (secondary N) is 2. The molecule has 0 saturated heterocycles. The summed E-state index contributed by atoms with van der Waals surface area (Å²) in [6, 6.07) is 32.2. The van der Waals surface area contributed by atoms with Gasteiger partial charge in [0.2, 0.25) is 0 Å². The van der Waals surface area contributed by atoms with Crippen molar-refractivity contribution >= 4 is 44.1 Å². The van der Waals surface area contributed by atoms with Crippen LogP contribution >= 0.6 is 0 Å². The summed E-state index contributed by atoms with van der Waals surface area (Å²) in [7, 11) is 0. The van der Waals surface area contributed by atoms with Gasteiger partial charge in [0.15, 0.2) is 23.3 Å². The van der Waals surface area contributed by atoms with E-state index in [-0.39, 0.29) is 0 Å². The second-order valence-corrected chi connectivity index (χ2v) is 10.2. The summed E-state index contributed by atoms with van der Waals surface area (Å²) < 4.78 is 0. The Morgan fingerprint density at radius 1 is 0.419 bits per heavy atom. The zero-order valence-corrected chi connectivity index (χ0v) is 23.2. The monoisotopic (exact) mass is 559 g/mol. The number of nitrogens with zero attached hydrogens (tertiary/aromatic N) is 6. The Labute approximate surface area is 245 Å². The van der Waals surface area contributed by atoms with Gasteiger partial charge >= 0.3 is 0 Å². The molecule has 0 spiro atoms. The highest BCUT2D eigenvalue weighted by Gasteiger charge is 2.21. The SMILES string of the molecule is CCN.c1ccc2c(c1)-c1nc-2nc2[nH]c(nc3nc(nc4[nH]c(n1)c1ccccc41)-c1ccccc1-3)c1ccccc21. The lowest BCUT2D eigenvalue weighted by Crippen LogP contribution is -1.87. The molecule has 2 aliphatic rings. The fourth-order valence-corrected chi connectivity index (χ4v) is 5.59. The van der Waals surface area contributed by atoms with Gasteiger partial charge in [-0.15, -0.1) is 0 Å². The van der Waals surface area contributed by atoms with Crippen LogP contribution in [-0.2, 0) is 0 Å². The topological polar surface area (TPSA) is 135 Å². The third-order valence-corrected chi connectivity index (χ3v) is 7.46. The summed E-state index contributed by atoms with van der Waals surface area (Å²) in [5.41, 5.74) is 11.3. The second kappa shape index (κ2) is 9.93. The van der Waals surface area contributed by atoms with Crippen LogP contribution in [0.1, 0.15) is 6.92 Å². The van der Waals surface area contributed by atoms with Crippen molar-refractivity contribution in [2.75, 3.05) is 6.54 Å². The minimum Gasteiger partial charge on any atom is -0.331 e. The molecule has 0 aliphatic carbocycles. The Bertz CT molecular complexity index is 2050. The van der Waals surface area contributed by atoms with Crippen molar-refractivity contribution < 1.29 is 0 Å². The second-order valence-electron chi connectivity index (χ2n) is 10.2. The number of hydrogen-bond acceptors (Lipinski definition) is 7. The Kier molecular flexibility index (Phi) is 5.76. The highest BCUT2D eigenvalue weighted by atomic mass is 15.1. The Morgan fingerprint density at radius 2 is 0.651 bits per heavy atom. The van der Waals surface area contributed by atoms with Crippen LogP contribution < -0.4 is 5.73 Å². The van der Waals surface area contributed by atoms with E-state index < -0.39 is 0 Å². The lowest BCUT2D eigenvalue weighted by atomic mass is 10.1. The van der Waals surface area contributed by atoms with Gasteiger partial charge in [-0.2, -0.15) is 0 Å². The van der Waals surface area contributed by atoms with Crippen LogP contribution in [0, 0.1) is 0 Å². The van der Waals surface area contributed by atoms with Crippen molar-refractivity contribution in [3.63, 3.8) is 0 Å². The molecule has 0 saturated carbocycles. The number of hydrogen-bond donors (Lipinski definition) is 3. The molecule has 3 aromatic heterocycles. The van der Waals surface area contributed by atoms with E-state index in [0.717, 1.165) is 50.3 Å². The Hall–Kier alpha value is -5.80. The summed E-state index contributed by atoms with van der Waals surface area (Å²) in [5, 5.41) is 3.82. The first kappa shape index (κ1) is 25.0. The Balaban J connectivity index is 0.000000892. The van der Waals surface area contributed by atoms with Crippen molar-refractivity contribution in [3.05, 3.63) is 97.1 Å². The molecule has 9 heteroatoms. The van der Waals surface area contributed by atoms with Crippen molar-refractivity contribution in [3.8, 4) is 45.6 Å². The van der Waals surface area contributed by atoms with Crippen molar-refractivity contribution in [2.24, 2.45) is 5.73 Å². The van der Waals surface area contributed by atoms with Crippen LogP contribution in [0.2, 0.25) is 0 Å². The van der Waals surface area contributed by atoms with E-state index in [1.54, 1.807) is 0 Å². The molecule has 4 N–H and O–H groups in total. The molecule has 7 aromatic rings. The summed E-state index contributed by atoms with van der Waals surface area (Å²) in [5.74, 6) is 2.39. The molecule has 9 rings (SSSR count). The molecule has 2 aliphatic heterocycles. The van der Waals surface area contributed by atoms with Crippen LogP contribution in [0.4, 0.5) is 0 Å². The zero-order valence-electron chi connectivity index (χ0n) is 23.2. The molecule has 0 fully saturated rings. The average Bonchev–Trinajstić information content (AvgIpc) is 3.77. The van der Waals surface area contributed by atoms with Crippen LogP contribution in [0.3, 0.4) is 0 Å². The minimum atomic E-state index is 0.597. The number of fused-ring (bicyclic) bond motifs is 20. The van der Waals surface area contributed by atoms with E-state index in [1.165, 1.54) is 0 Å². The number of aromatic amines is 2. The van der Waals surface area contributed by atoms with Crippen LogP contribution in [0.15, 0.2) is 97.1 Å². The standard InChI is InChI=1S/C32H18N8.C2H7N/c1-2-10-18-17(9-1)25-33-26(18)38-28-21-13-5-6-14-22(21)30(35-28)40-32-24-16-8-7-15-23(24)31(36-32)39-29-20-12-4-3-11-19(20)27(34-29)37-25;1-2-3/h1-16H,(H2,33,34,35,36,37,38,39,40);2-3H2,1H3. The van der Waals surface area contributed by atoms with Gasteiger partial charge in [0.25, 0.3) is 0 Å². The molecule has 0 radical (unpaired) electrons. The molecular weight excluding hydrogens is 534 g/mol. The van der Waals surface area contributed by atoms with Gasteiger partial charge in [-0.3, -0.25) is 0 Å². The average molecular weight is 560 g/mol. The third-order valence-electron chi connectivity index (χ3n) is 7.46. The fourth-order valence-electron chi connectivity index (χ4n) is 5.59. The predicted molar refractivity (Wildman–Crippen MR) is 171 cm³/mol. The van der Waals surface area contributed by atoms with Gasteiger partial charge in [0.1, 0.15) is 22.6 Å². The van der Waals surface area contributed by atoms with Crippen LogP contribution in [0.25, 0.3) is 89.7 Å². The van der Waals surface area contributed by atoms with E-state index in [1.807, 2.05) is 104 Å². The van der Waals surface area contributed by atoms with Crippen molar-refractivity contribution in [2.45, 2.75) is 6.92 Å². The lowest BCUT2D eigenvalue weighted by molar-refractivity contribution is 1.14. The molecule has 0 atom stereocenters. The first-order valence-electron chi connectivity index (χ1n) is 14.1. The molecule has 43 heavy (non-hydrogen) atoms. The predicted octanol–water partition coefficient (Wildman–Crippen LogP) is 6.83. The van der Waals surface area contributed by atoms with Crippen LogP contribution in [0.5, 0.6) is 0 Å². The summed E-state index contributed by atoms with van der Waals surface area (Å²) >= 11 is 0. The first-order chi connectivity index (χ1) is 21.2. The largest absolute Gasteiger partial charge is 0.331 e. The van der Waals surface area contributed by atoms with Crippen LogP contribution in [-0.4, -0.2) is 46.4 Å². The summed E-state index contributed by atoms with van der Waals surface area (Å²) in [4.78, 5) is 36.8. The van der Waals surface area contributed by atoms with Gasteiger partial charge in [-0.1, -0.05) is 104 Å². The van der Waals surface area contributed by atoms with Gasteiger partial charge < -0.3 is 15.7 Å². The van der Waals surface area contributed by atoms with E-state index in [4.69, 9.17) is 35.6 Å². The number of benzene rings is 4. The fraction of sp³-hybridized carbons (Fsp3) is 0.0588. The highest BCUT2D eigenvalue weighted by molar-refractivity contribution is 6.06. The number of nitrogens with two attached hydrogens (primary N) is 1. The first-order valence-corrected chi connectivity index (χ1v) is 14.1. The summed E-state index contributed by atoms with van der Waals surface area (Å²) in [6.45, 7) is 2.65. The molecule has 8 bridgehead atoms. The van der Waals surface area contributed by atoms with Gasteiger partial charge in [0, 0.05) is 43.8 Å². The summed E-state index contributed by atoms with van der Waals surface area (Å²) in [6.07, 6.45) is 0. The number of H-pyrrole nitrogens is 2. The van der Waals surface area contributed by atoms with E-state index in [2.05, 4.69) is 9.97 Å². The Morgan fingerprint density at radius 3 is 0.907 bits per heavy atom. The number of aromatic nitrogens is 8. The van der Waals surface area contributed by atoms with Gasteiger partial charge in [-0.05, 0) is 6.54 Å². The lowest BCUT2D eigenvalue weighted by Gasteiger charge is -1.96. The number of rotatable bonds is 0. The molecular formula is C34H25N9. The quantitative estimate of drug-likeness (QED) is 0.185. The smallest absolute Gasteiger partial charge is 0.164 e. The maximum atomic E-state index is 5.02. The highest BCUT2D eigenvalue weighted by Crippen LogP contribution is 2.36.